The van der Waals surface area contributed by atoms with Crippen LogP contribution >= 0.6 is 0 Å². The van der Waals surface area contributed by atoms with Gasteiger partial charge in [-0.3, -0.25) is 9.48 Å². The maximum Gasteiger partial charge on any atom is 0.408 e. The molecule has 0 radical (unpaired) electrons. The van der Waals surface area contributed by atoms with Gasteiger partial charge in [-0.1, -0.05) is 0 Å². The molecule has 1 aliphatic rings. The fourth-order valence-electron chi connectivity index (χ4n) is 2.76. The average molecular weight is 318 g/mol. The monoisotopic (exact) mass is 318 g/mol. The first-order valence-electron chi connectivity index (χ1n) is 7.40. The normalized spacial score (nSPS) is 22.9. The van der Waals surface area contributed by atoms with Crippen LogP contribution in [-0.2, 0) is 17.9 Å². The van der Waals surface area contributed by atoms with Crippen LogP contribution in [0.2, 0.25) is 0 Å². The zero-order chi connectivity index (χ0) is 16.3. The van der Waals surface area contributed by atoms with E-state index in [1.807, 2.05) is 13.1 Å². The highest BCUT2D eigenvalue weighted by Crippen LogP contribution is 2.32. The number of carbonyl (C=O) groups excluding carboxylic acids is 1. The lowest BCUT2D eigenvalue weighted by atomic mass is 9.97. The van der Waals surface area contributed by atoms with Crippen molar-refractivity contribution in [2.75, 3.05) is 6.54 Å². The molecule has 1 aromatic heterocycles. The number of aryl methyl sites for hydroxylation is 1. The van der Waals surface area contributed by atoms with Crippen molar-refractivity contribution in [3.8, 4) is 0 Å². The van der Waals surface area contributed by atoms with E-state index in [1.54, 1.807) is 10.9 Å². The molecule has 1 N–H and O–H groups in total. The molecule has 0 bridgehead atoms. The number of alkyl halides is 3. The highest BCUT2D eigenvalue weighted by molar-refractivity contribution is 5.73. The Labute approximate surface area is 127 Å². The number of carbonyl (C=O) groups is 1. The molecule has 2 rings (SSSR count). The van der Waals surface area contributed by atoms with Crippen LogP contribution in [0.4, 0.5) is 13.2 Å². The van der Waals surface area contributed by atoms with Crippen LogP contribution < -0.4 is 5.32 Å². The number of piperidine rings is 1. The number of aromatic nitrogens is 2. The van der Waals surface area contributed by atoms with E-state index in [-0.39, 0.29) is 19.0 Å². The molecule has 2 heterocycles. The maximum atomic E-state index is 12.9. The number of nitrogens with zero attached hydrogens (tertiary/aromatic N) is 3. The van der Waals surface area contributed by atoms with E-state index in [0.717, 1.165) is 17.0 Å². The predicted molar refractivity (Wildman–Crippen MR) is 75.0 cm³/mol. The van der Waals surface area contributed by atoms with Crippen LogP contribution in [0.1, 0.15) is 32.3 Å². The Morgan fingerprint density at radius 2 is 2.18 bits per heavy atom. The lowest BCUT2D eigenvalue weighted by Gasteiger charge is -2.40. The third kappa shape index (κ3) is 4.00. The van der Waals surface area contributed by atoms with Crippen molar-refractivity contribution in [3.05, 3.63) is 18.0 Å². The van der Waals surface area contributed by atoms with Gasteiger partial charge in [0, 0.05) is 44.4 Å². The molecule has 5 nitrogen and oxygen atoms in total. The Hall–Kier alpha value is -1.57. The predicted octanol–water partition coefficient (Wildman–Crippen LogP) is 1.93. The topological polar surface area (TPSA) is 50.2 Å². The summed E-state index contributed by atoms with van der Waals surface area (Å²) in [5.41, 5.74) is 0.981. The Balaban J connectivity index is 1.93. The molecule has 1 saturated heterocycles. The van der Waals surface area contributed by atoms with E-state index >= 15 is 0 Å². The van der Waals surface area contributed by atoms with Gasteiger partial charge in [0.1, 0.15) is 6.04 Å². The van der Waals surface area contributed by atoms with Crippen LogP contribution in [0.5, 0.6) is 0 Å². The molecule has 1 amide bonds. The molecule has 1 aromatic rings. The van der Waals surface area contributed by atoms with Crippen molar-refractivity contribution in [3.63, 3.8) is 0 Å². The highest BCUT2D eigenvalue weighted by Gasteiger charge is 2.47. The van der Waals surface area contributed by atoms with Gasteiger partial charge in [0.05, 0.1) is 6.20 Å². The number of hydrogen-bond donors (Lipinski definition) is 1. The molecule has 124 valence electrons. The summed E-state index contributed by atoms with van der Waals surface area (Å²) >= 11 is 0. The van der Waals surface area contributed by atoms with Crippen molar-refractivity contribution in [2.45, 2.75) is 58.0 Å². The summed E-state index contributed by atoms with van der Waals surface area (Å²) in [6.07, 6.45) is -0.387. The van der Waals surface area contributed by atoms with Gasteiger partial charge in [-0.05, 0) is 19.8 Å². The van der Waals surface area contributed by atoms with Gasteiger partial charge in [-0.15, -0.1) is 0 Å². The van der Waals surface area contributed by atoms with Crippen molar-refractivity contribution in [1.29, 1.82) is 0 Å². The first-order chi connectivity index (χ1) is 10.3. The summed E-state index contributed by atoms with van der Waals surface area (Å²) in [7, 11) is 0. The first kappa shape index (κ1) is 16.8. The quantitative estimate of drug-likeness (QED) is 0.923. The standard InChI is InChI=1S/C14H21F3N4O/c1-3-20-8-11(7-19-20)6-18-12-4-5-13(14(15,16)17)21(9-12)10(2)22/h7-8,12-13,18H,3-6,9H2,1-2H3. The fourth-order valence-corrected chi connectivity index (χ4v) is 2.76. The average Bonchev–Trinajstić information content (AvgIpc) is 2.91. The number of likely N-dealkylation sites (tertiary alicyclic amines) is 1. The Bertz CT molecular complexity index is 514. The summed E-state index contributed by atoms with van der Waals surface area (Å²) in [5.74, 6) is -0.535. The van der Waals surface area contributed by atoms with Crippen LogP contribution in [0.3, 0.4) is 0 Å². The number of amides is 1. The van der Waals surface area contributed by atoms with E-state index in [0.29, 0.717) is 13.0 Å². The third-order valence-corrected chi connectivity index (χ3v) is 3.97. The minimum atomic E-state index is -4.36. The van der Waals surface area contributed by atoms with Gasteiger partial charge in [-0.25, -0.2) is 0 Å². The van der Waals surface area contributed by atoms with E-state index < -0.39 is 18.1 Å². The molecule has 1 fully saturated rings. The highest BCUT2D eigenvalue weighted by atomic mass is 19.4. The molecule has 0 aliphatic carbocycles. The Morgan fingerprint density at radius 3 is 2.73 bits per heavy atom. The number of halogens is 3. The van der Waals surface area contributed by atoms with Crippen LogP contribution in [-0.4, -0.2) is 45.4 Å². The molecule has 2 atom stereocenters. The summed E-state index contributed by atoms with van der Waals surface area (Å²) in [4.78, 5) is 12.4. The molecular formula is C14H21F3N4O. The fraction of sp³-hybridized carbons (Fsp3) is 0.714. The van der Waals surface area contributed by atoms with Crippen molar-refractivity contribution < 1.29 is 18.0 Å². The van der Waals surface area contributed by atoms with Gasteiger partial charge in [0.15, 0.2) is 0 Å². The molecule has 2 unspecified atom stereocenters. The summed E-state index contributed by atoms with van der Waals surface area (Å²) in [6.45, 7) is 4.56. The second-order valence-electron chi connectivity index (χ2n) is 5.59. The van der Waals surface area contributed by atoms with Crippen LogP contribution in [0.15, 0.2) is 12.4 Å². The zero-order valence-electron chi connectivity index (χ0n) is 12.7. The second-order valence-corrected chi connectivity index (χ2v) is 5.59. The number of nitrogens with one attached hydrogen (secondary N) is 1. The van der Waals surface area contributed by atoms with E-state index in [2.05, 4.69) is 10.4 Å². The van der Waals surface area contributed by atoms with E-state index in [4.69, 9.17) is 0 Å². The van der Waals surface area contributed by atoms with Gasteiger partial charge in [-0.2, -0.15) is 18.3 Å². The Morgan fingerprint density at radius 1 is 1.45 bits per heavy atom. The van der Waals surface area contributed by atoms with Crippen LogP contribution in [0.25, 0.3) is 0 Å². The zero-order valence-corrected chi connectivity index (χ0v) is 12.7. The van der Waals surface area contributed by atoms with Crippen molar-refractivity contribution in [1.82, 2.24) is 20.0 Å². The maximum absolute atomic E-state index is 12.9. The summed E-state index contributed by atoms with van der Waals surface area (Å²) in [5, 5.41) is 7.37. The van der Waals surface area contributed by atoms with Gasteiger partial charge in [0.25, 0.3) is 0 Å². The minimum absolute atomic E-state index is 0.0605. The van der Waals surface area contributed by atoms with E-state index in [1.165, 1.54) is 6.92 Å². The Kier molecular flexibility index (Phi) is 5.10. The first-order valence-corrected chi connectivity index (χ1v) is 7.40. The summed E-state index contributed by atoms with van der Waals surface area (Å²) in [6, 6.07) is -1.79. The minimum Gasteiger partial charge on any atom is -0.329 e. The molecule has 0 spiro atoms. The number of hydrogen-bond acceptors (Lipinski definition) is 3. The second kappa shape index (κ2) is 6.68. The molecular weight excluding hydrogens is 297 g/mol. The van der Waals surface area contributed by atoms with Crippen LogP contribution in [0, 0.1) is 0 Å². The molecule has 0 aromatic carbocycles. The lowest BCUT2D eigenvalue weighted by Crippen LogP contribution is -2.56. The number of rotatable bonds is 4. The smallest absolute Gasteiger partial charge is 0.329 e. The molecule has 0 saturated carbocycles. The van der Waals surface area contributed by atoms with E-state index in [9.17, 15) is 18.0 Å². The summed E-state index contributed by atoms with van der Waals surface area (Å²) < 4.78 is 40.6. The van der Waals surface area contributed by atoms with Gasteiger partial charge >= 0.3 is 6.18 Å². The largest absolute Gasteiger partial charge is 0.408 e. The third-order valence-electron chi connectivity index (χ3n) is 3.97. The molecule has 8 heteroatoms. The van der Waals surface area contributed by atoms with Crippen molar-refractivity contribution >= 4 is 5.91 Å². The van der Waals surface area contributed by atoms with Gasteiger partial charge < -0.3 is 10.2 Å². The molecule has 1 aliphatic heterocycles. The lowest BCUT2D eigenvalue weighted by molar-refractivity contribution is -0.196. The van der Waals surface area contributed by atoms with Crippen molar-refractivity contribution in [2.24, 2.45) is 0 Å². The molecule has 22 heavy (non-hydrogen) atoms. The van der Waals surface area contributed by atoms with Gasteiger partial charge in [0.2, 0.25) is 5.91 Å². The SMILES string of the molecule is CCn1cc(CNC2CCC(C(F)(F)F)N(C(C)=O)C2)cn1.